The molecule has 136 valence electrons. The first-order valence-electron chi connectivity index (χ1n) is 8.66. The van der Waals surface area contributed by atoms with Crippen LogP contribution in [0.2, 0.25) is 0 Å². The Morgan fingerprint density at radius 3 is 2.52 bits per heavy atom. The first kappa shape index (κ1) is 17.4. The third-order valence-corrected chi connectivity index (χ3v) is 5.37. The van der Waals surface area contributed by atoms with Crippen LogP contribution in [0.25, 0.3) is 5.57 Å². The van der Waals surface area contributed by atoms with E-state index < -0.39 is 29.4 Å². The molecule has 1 aliphatic heterocycles. The molecule has 0 fully saturated rings. The molecule has 0 spiro atoms. The first-order valence-corrected chi connectivity index (χ1v) is 8.66. The van der Waals surface area contributed by atoms with E-state index in [-0.39, 0.29) is 11.6 Å². The molecule has 0 unspecified atom stereocenters. The van der Waals surface area contributed by atoms with Crippen molar-refractivity contribution in [3.8, 4) is 12.3 Å². The Morgan fingerprint density at radius 2 is 1.85 bits per heavy atom. The Bertz CT molecular complexity index is 1010. The number of hydrogen-bond donors (Lipinski definition) is 0. The number of nitrogens with zero attached hydrogens (tertiary/aromatic N) is 1. The van der Waals surface area contributed by atoms with Gasteiger partial charge in [-0.15, -0.1) is 6.42 Å². The number of carbonyl (C=O) groups excluding carboxylic acids is 1. The average molecular weight is 367 g/mol. The Morgan fingerprint density at radius 1 is 1.19 bits per heavy atom. The third kappa shape index (κ3) is 2.64. The van der Waals surface area contributed by atoms with Gasteiger partial charge >= 0.3 is 0 Å². The zero-order chi connectivity index (χ0) is 19.3. The summed E-state index contributed by atoms with van der Waals surface area (Å²) in [5.41, 5.74) is 3.44. The first-order chi connectivity index (χ1) is 12.9. The Labute approximate surface area is 155 Å². The van der Waals surface area contributed by atoms with E-state index in [2.05, 4.69) is 5.92 Å². The summed E-state index contributed by atoms with van der Waals surface area (Å²) in [5.74, 6) is -1.63. The molecule has 1 amide bonds. The molecule has 0 aromatic heterocycles. The number of fused-ring (bicyclic) bond motifs is 2. The summed E-state index contributed by atoms with van der Waals surface area (Å²) in [5, 5.41) is 0. The Hall–Kier alpha value is -3.00. The summed E-state index contributed by atoms with van der Waals surface area (Å²) >= 11 is 0. The number of hydrogen-bond acceptors (Lipinski definition) is 1. The van der Waals surface area contributed by atoms with Crippen molar-refractivity contribution in [2.75, 3.05) is 0 Å². The predicted octanol–water partition coefficient (Wildman–Crippen LogP) is 4.41. The molecule has 2 aromatic carbocycles. The fraction of sp³-hybridized carbons (Fsp3) is 0.227. The average Bonchev–Trinajstić information content (AvgIpc) is 2.98. The molecule has 0 saturated heterocycles. The van der Waals surface area contributed by atoms with Crippen LogP contribution in [0.5, 0.6) is 0 Å². The number of halogens is 3. The van der Waals surface area contributed by atoms with Crippen molar-refractivity contribution in [1.29, 1.82) is 0 Å². The van der Waals surface area contributed by atoms with Crippen LogP contribution >= 0.6 is 0 Å². The van der Waals surface area contributed by atoms with Crippen molar-refractivity contribution in [1.82, 2.24) is 4.90 Å². The second kappa shape index (κ2) is 6.31. The van der Waals surface area contributed by atoms with E-state index in [1.165, 1.54) is 4.90 Å². The summed E-state index contributed by atoms with van der Waals surface area (Å²) < 4.78 is 42.8. The highest BCUT2D eigenvalue weighted by molar-refractivity contribution is 5.95. The van der Waals surface area contributed by atoms with Gasteiger partial charge in [0, 0.05) is 18.2 Å². The van der Waals surface area contributed by atoms with Gasteiger partial charge in [-0.3, -0.25) is 4.79 Å². The van der Waals surface area contributed by atoms with Crippen molar-refractivity contribution in [2.45, 2.75) is 31.8 Å². The number of amides is 1. The lowest BCUT2D eigenvalue weighted by atomic mass is 9.84. The van der Waals surface area contributed by atoms with Gasteiger partial charge in [0.1, 0.15) is 17.5 Å². The van der Waals surface area contributed by atoms with E-state index in [0.717, 1.165) is 22.3 Å². The van der Waals surface area contributed by atoms with Crippen molar-refractivity contribution >= 4 is 11.5 Å². The van der Waals surface area contributed by atoms with Gasteiger partial charge in [0.15, 0.2) is 0 Å². The minimum Gasteiger partial charge on any atom is -0.318 e. The fourth-order valence-corrected chi connectivity index (χ4v) is 4.29. The van der Waals surface area contributed by atoms with Gasteiger partial charge in [-0.1, -0.05) is 24.3 Å². The maximum atomic E-state index is 14.7. The Balaban J connectivity index is 1.96. The molecule has 0 saturated carbocycles. The molecule has 2 atom stereocenters. The highest BCUT2D eigenvalue weighted by Crippen LogP contribution is 2.49. The fourth-order valence-electron chi connectivity index (χ4n) is 4.29. The highest BCUT2D eigenvalue weighted by Gasteiger charge is 2.42. The van der Waals surface area contributed by atoms with Gasteiger partial charge in [0.05, 0.1) is 11.6 Å². The van der Waals surface area contributed by atoms with Gasteiger partial charge in [-0.2, -0.15) is 0 Å². The van der Waals surface area contributed by atoms with Crippen LogP contribution < -0.4 is 0 Å². The van der Waals surface area contributed by atoms with Gasteiger partial charge in [0.25, 0.3) is 5.91 Å². The van der Waals surface area contributed by atoms with Gasteiger partial charge in [-0.05, 0) is 48.0 Å². The number of carbonyl (C=O) groups is 1. The molecule has 1 aliphatic carbocycles. The van der Waals surface area contributed by atoms with E-state index in [4.69, 9.17) is 6.42 Å². The van der Waals surface area contributed by atoms with Crippen LogP contribution in [-0.4, -0.2) is 16.8 Å². The number of rotatable bonds is 1. The lowest BCUT2D eigenvalue weighted by Crippen LogP contribution is -2.45. The molecule has 2 aromatic rings. The smallest absolute Gasteiger partial charge is 0.299 e. The van der Waals surface area contributed by atoms with Gasteiger partial charge in [0.2, 0.25) is 0 Å². The van der Waals surface area contributed by atoms with Crippen LogP contribution in [0.15, 0.2) is 42.0 Å². The maximum absolute atomic E-state index is 14.7. The maximum Gasteiger partial charge on any atom is 0.299 e. The lowest BCUT2D eigenvalue weighted by molar-refractivity contribution is -0.129. The molecule has 0 bridgehead atoms. The standard InChI is InChI=1S/C22H16F3NO/c1-3-20(27)26-12(2)8-16-15-7-5-4-6-13(15)9-17(16)22(26)21-18(24)10-14(23)11-19(21)25/h1,4-7,10-12,22H,8-9H2,2H3/t12-,22+/m0/s1. The van der Waals surface area contributed by atoms with Crippen molar-refractivity contribution in [3.05, 3.63) is 76.1 Å². The summed E-state index contributed by atoms with van der Waals surface area (Å²) in [7, 11) is 0. The Kier molecular flexibility index (Phi) is 4.07. The minimum atomic E-state index is -1.02. The second-order valence-corrected chi connectivity index (χ2v) is 6.93. The van der Waals surface area contributed by atoms with E-state index >= 15 is 0 Å². The normalized spacial score (nSPS) is 20.9. The van der Waals surface area contributed by atoms with E-state index in [0.29, 0.717) is 25.0 Å². The largest absolute Gasteiger partial charge is 0.318 e. The quantitative estimate of drug-likeness (QED) is 0.684. The highest BCUT2D eigenvalue weighted by atomic mass is 19.1. The van der Waals surface area contributed by atoms with Crippen LogP contribution in [0.1, 0.15) is 36.1 Å². The third-order valence-electron chi connectivity index (χ3n) is 5.37. The molecular formula is C22H16F3NO. The number of benzene rings is 2. The molecule has 27 heavy (non-hydrogen) atoms. The summed E-state index contributed by atoms with van der Waals surface area (Å²) in [4.78, 5) is 13.8. The molecule has 0 N–H and O–H groups in total. The van der Waals surface area contributed by atoms with Crippen molar-refractivity contribution < 1.29 is 18.0 Å². The van der Waals surface area contributed by atoms with Gasteiger partial charge < -0.3 is 4.90 Å². The van der Waals surface area contributed by atoms with Crippen LogP contribution in [0.3, 0.4) is 0 Å². The molecule has 2 nitrogen and oxygen atoms in total. The zero-order valence-corrected chi connectivity index (χ0v) is 14.6. The zero-order valence-electron chi connectivity index (χ0n) is 14.6. The molecule has 0 radical (unpaired) electrons. The van der Waals surface area contributed by atoms with Gasteiger partial charge in [-0.25, -0.2) is 13.2 Å². The lowest BCUT2D eigenvalue weighted by Gasteiger charge is -2.41. The van der Waals surface area contributed by atoms with E-state index in [1.807, 2.05) is 24.3 Å². The molecular weight excluding hydrogens is 351 g/mol. The summed E-state index contributed by atoms with van der Waals surface area (Å²) in [6, 6.07) is 7.66. The monoisotopic (exact) mass is 367 g/mol. The summed E-state index contributed by atoms with van der Waals surface area (Å²) in [6.07, 6.45) is 6.33. The van der Waals surface area contributed by atoms with Crippen molar-refractivity contribution in [2.24, 2.45) is 0 Å². The number of terminal acetylenes is 1. The van der Waals surface area contributed by atoms with Crippen LogP contribution in [-0.2, 0) is 11.2 Å². The second-order valence-electron chi connectivity index (χ2n) is 6.93. The van der Waals surface area contributed by atoms with Crippen molar-refractivity contribution in [3.63, 3.8) is 0 Å². The SMILES string of the molecule is C#CC(=O)N1[C@@H](c2c(F)cc(F)cc2F)C2=C(C[C@@H]1C)c1ccccc1C2. The molecule has 4 rings (SSSR count). The predicted molar refractivity (Wildman–Crippen MR) is 95.9 cm³/mol. The van der Waals surface area contributed by atoms with E-state index in [1.54, 1.807) is 6.92 Å². The molecule has 1 heterocycles. The topological polar surface area (TPSA) is 20.3 Å². The van der Waals surface area contributed by atoms with E-state index in [9.17, 15) is 18.0 Å². The summed E-state index contributed by atoms with van der Waals surface area (Å²) in [6.45, 7) is 1.80. The van der Waals surface area contributed by atoms with Crippen LogP contribution in [0, 0.1) is 29.8 Å². The van der Waals surface area contributed by atoms with Crippen LogP contribution in [0.4, 0.5) is 13.2 Å². The minimum absolute atomic E-state index is 0.341. The molecule has 5 heteroatoms. The molecule has 2 aliphatic rings.